The van der Waals surface area contributed by atoms with E-state index in [1.807, 2.05) is 0 Å². The Morgan fingerprint density at radius 1 is 1.29 bits per heavy atom. The van der Waals surface area contributed by atoms with E-state index in [4.69, 9.17) is 10.2 Å². The maximum atomic E-state index is 8.17. The van der Waals surface area contributed by atoms with Crippen molar-refractivity contribution in [2.75, 3.05) is 19.9 Å². The average molecular weight is 105 g/mol. The lowest BCUT2D eigenvalue weighted by Gasteiger charge is -1.94. The van der Waals surface area contributed by atoms with Crippen LogP contribution in [0.2, 0.25) is 0 Å². The molecular weight excluding hydrogens is 94.0 g/mol. The van der Waals surface area contributed by atoms with E-state index in [1.165, 1.54) is 0 Å². The molecule has 0 saturated heterocycles. The number of aliphatic hydroxyl groups is 2. The van der Waals surface area contributed by atoms with Crippen LogP contribution >= 0.6 is 0 Å². The van der Waals surface area contributed by atoms with E-state index >= 15 is 0 Å². The van der Waals surface area contributed by atoms with Crippen molar-refractivity contribution in [1.29, 1.82) is 0 Å². The minimum Gasteiger partial charge on any atom is -0.396 e. The standard InChI is InChI=1S/C4H11NO2/c6-3-1-2-5-4-7/h5-7H,1-4H2. The van der Waals surface area contributed by atoms with Crippen LogP contribution in [0, 0.1) is 0 Å². The highest BCUT2D eigenvalue weighted by Gasteiger charge is 1.78. The fraction of sp³-hybridized carbons (Fsp3) is 1.00. The molecule has 0 saturated carbocycles. The van der Waals surface area contributed by atoms with Gasteiger partial charge in [0.25, 0.3) is 0 Å². The normalized spacial score (nSPS) is 9.43. The molecule has 0 fully saturated rings. The molecule has 0 aliphatic rings. The molecule has 0 rings (SSSR count). The first kappa shape index (κ1) is 6.88. The summed E-state index contributed by atoms with van der Waals surface area (Å²) in [4.78, 5) is 0. The van der Waals surface area contributed by atoms with Crippen LogP contribution in [0.1, 0.15) is 6.42 Å². The lowest BCUT2D eigenvalue weighted by Crippen LogP contribution is -2.16. The Kier molecular flexibility index (Phi) is 5.78. The van der Waals surface area contributed by atoms with Gasteiger partial charge in [-0.1, -0.05) is 0 Å². The fourth-order valence-corrected chi connectivity index (χ4v) is 0.283. The summed E-state index contributed by atoms with van der Waals surface area (Å²) in [7, 11) is 0. The van der Waals surface area contributed by atoms with Crippen molar-refractivity contribution >= 4 is 0 Å². The van der Waals surface area contributed by atoms with Crippen molar-refractivity contribution in [3.05, 3.63) is 0 Å². The largest absolute Gasteiger partial charge is 0.396 e. The lowest BCUT2D eigenvalue weighted by molar-refractivity contribution is 0.243. The summed E-state index contributed by atoms with van der Waals surface area (Å²) in [5.41, 5.74) is 0. The summed E-state index contributed by atoms with van der Waals surface area (Å²) >= 11 is 0. The van der Waals surface area contributed by atoms with E-state index in [1.54, 1.807) is 0 Å². The van der Waals surface area contributed by atoms with Gasteiger partial charge in [0.1, 0.15) is 0 Å². The molecule has 0 spiro atoms. The van der Waals surface area contributed by atoms with Crippen molar-refractivity contribution in [3.8, 4) is 0 Å². The monoisotopic (exact) mass is 105 g/mol. The zero-order valence-electron chi connectivity index (χ0n) is 4.22. The molecule has 0 atom stereocenters. The molecule has 3 nitrogen and oxygen atoms in total. The van der Waals surface area contributed by atoms with Crippen molar-refractivity contribution in [2.24, 2.45) is 0 Å². The zero-order valence-corrected chi connectivity index (χ0v) is 4.22. The predicted molar refractivity (Wildman–Crippen MR) is 26.8 cm³/mol. The smallest absolute Gasteiger partial charge is 0.0931 e. The van der Waals surface area contributed by atoms with Gasteiger partial charge in [-0.3, -0.25) is 5.32 Å². The van der Waals surface area contributed by atoms with Gasteiger partial charge in [-0.15, -0.1) is 0 Å². The second kappa shape index (κ2) is 5.88. The second-order valence-corrected chi connectivity index (χ2v) is 1.24. The number of hydrogen-bond donors (Lipinski definition) is 3. The molecule has 0 heterocycles. The van der Waals surface area contributed by atoms with Gasteiger partial charge in [-0.2, -0.15) is 0 Å². The molecule has 0 amide bonds. The molecule has 0 radical (unpaired) electrons. The summed E-state index contributed by atoms with van der Waals surface area (Å²) < 4.78 is 0. The van der Waals surface area contributed by atoms with E-state index in [0.29, 0.717) is 13.0 Å². The van der Waals surface area contributed by atoms with Gasteiger partial charge in [-0.25, -0.2) is 0 Å². The Labute approximate surface area is 43.0 Å². The number of nitrogens with one attached hydrogen (secondary N) is 1. The first-order valence-electron chi connectivity index (χ1n) is 2.34. The maximum absolute atomic E-state index is 8.17. The van der Waals surface area contributed by atoms with Crippen LogP contribution in [0.15, 0.2) is 0 Å². The Morgan fingerprint density at radius 2 is 2.00 bits per heavy atom. The molecule has 3 heteroatoms. The number of rotatable bonds is 4. The van der Waals surface area contributed by atoms with Crippen LogP contribution in [0.25, 0.3) is 0 Å². The van der Waals surface area contributed by atoms with Crippen molar-refractivity contribution in [2.45, 2.75) is 6.42 Å². The minimum atomic E-state index is 0. The van der Waals surface area contributed by atoms with Crippen LogP contribution in [0.3, 0.4) is 0 Å². The fourth-order valence-electron chi connectivity index (χ4n) is 0.283. The minimum absolute atomic E-state index is 0. The highest BCUT2D eigenvalue weighted by molar-refractivity contribution is 4.36. The molecule has 3 N–H and O–H groups in total. The SMILES string of the molecule is OCCCNCO. The molecule has 0 bridgehead atoms. The van der Waals surface area contributed by atoms with Gasteiger partial charge in [0, 0.05) is 6.61 Å². The highest BCUT2D eigenvalue weighted by atomic mass is 16.3. The topological polar surface area (TPSA) is 52.5 Å². The van der Waals surface area contributed by atoms with Crippen LogP contribution in [0.4, 0.5) is 0 Å². The van der Waals surface area contributed by atoms with Crippen LogP contribution in [-0.4, -0.2) is 30.1 Å². The Morgan fingerprint density at radius 3 is 2.43 bits per heavy atom. The number of aliphatic hydroxyl groups excluding tert-OH is 2. The summed E-state index contributed by atoms with van der Waals surface area (Å²) in [5.74, 6) is 0. The van der Waals surface area contributed by atoms with Gasteiger partial charge in [0.15, 0.2) is 0 Å². The van der Waals surface area contributed by atoms with E-state index in [9.17, 15) is 0 Å². The molecule has 7 heavy (non-hydrogen) atoms. The van der Waals surface area contributed by atoms with E-state index in [0.717, 1.165) is 0 Å². The van der Waals surface area contributed by atoms with Gasteiger partial charge in [0.05, 0.1) is 6.73 Å². The molecule has 0 aromatic rings. The Hall–Kier alpha value is -0.120. The zero-order chi connectivity index (χ0) is 5.54. The highest BCUT2D eigenvalue weighted by Crippen LogP contribution is 1.67. The van der Waals surface area contributed by atoms with Gasteiger partial charge in [0.2, 0.25) is 0 Å². The van der Waals surface area contributed by atoms with Crippen LogP contribution < -0.4 is 5.32 Å². The first-order chi connectivity index (χ1) is 3.41. The van der Waals surface area contributed by atoms with Gasteiger partial charge < -0.3 is 10.2 Å². The molecule has 0 aliphatic carbocycles. The quantitative estimate of drug-likeness (QED) is 0.314. The first-order valence-corrected chi connectivity index (χ1v) is 2.34. The number of hydrogen-bond acceptors (Lipinski definition) is 3. The van der Waals surface area contributed by atoms with Crippen molar-refractivity contribution in [1.82, 2.24) is 5.32 Å². The summed E-state index contributed by atoms with van der Waals surface area (Å²) in [5, 5.41) is 18.9. The molecule has 0 aromatic carbocycles. The summed E-state index contributed by atoms with van der Waals surface area (Å²) in [6.07, 6.45) is 0.709. The molecule has 44 valence electrons. The molecular formula is C4H11NO2. The van der Waals surface area contributed by atoms with Gasteiger partial charge in [-0.05, 0) is 13.0 Å². The van der Waals surface area contributed by atoms with E-state index < -0.39 is 0 Å². The maximum Gasteiger partial charge on any atom is 0.0931 e. The molecule has 0 unspecified atom stereocenters. The second-order valence-electron chi connectivity index (χ2n) is 1.24. The van der Waals surface area contributed by atoms with Crippen molar-refractivity contribution < 1.29 is 10.2 Å². The third-order valence-corrected chi connectivity index (χ3v) is 0.623. The summed E-state index contributed by atoms with van der Waals surface area (Å²) in [6.45, 7) is 0.875. The average Bonchev–Trinajstić information content (AvgIpc) is 1.69. The van der Waals surface area contributed by atoms with Gasteiger partial charge >= 0.3 is 0 Å². The van der Waals surface area contributed by atoms with Crippen molar-refractivity contribution in [3.63, 3.8) is 0 Å². The third kappa shape index (κ3) is 5.88. The Bertz CT molecular complexity index is 28.9. The van der Waals surface area contributed by atoms with Crippen LogP contribution in [0.5, 0.6) is 0 Å². The lowest BCUT2D eigenvalue weighted by atomic mass is 10.5. The summed E-state index contributed by atoms with van der Waals surface area (Å²) in [6, 6.07) is 0. The van der Waals surface area contributed by atoms with Crippen LogP contribution in [-0.2, 0) is 0 Å². The molecule has 0 aromatic heterocycles. The third-order valence-electron chi connectivity index (χ3n) is 0.623. The van der Waals surface area contributed by atoms with E-state index in [-0.39, 0.29) is 13.3 Å². The van der Waals surface area contributed by atoms with E-state index in [2.05, 4.69) is 5.32 Å². The predicted octanol–water partition coefficient (Wildman–Crippen LogP) is -1.09. The molecule has 0 aliphatic heterocycles. The Balaban J connectivity index is 2.45.